The molecule has 3 heterocycles. The number of benzene rings is 1. The summed E-state index contributed by atoms with van der Waals surface area (Å²) in [5.41, 5.74) is 1.71. The van der Waals surface area contributed by atoms with Crippen LogP contribution < -0.4 is 10.2 Å². The first kappa shape index (κ1) is 18.1. The molecule has 0 bridgehead atoms. The molecule has 4 aliphatic rings. The van der Waals surface area contributed by atoms with Gasteiger partial charge in [-0.3, -0.25) is 9.59 Å². The van der Waals surface area contributed by atoms with Crippen molar-refractivity contribution in [1.82, 2.24) is 10.2 Å². The van der Waals surface area contributed by atoms with Crippen molar-refractivity contribution in [3.05, 3.63) is 29.8 Å². The zero-order valence-corrected chi connectivity index (χ0v) is 16.5. The molecule has 1 aliphatic carbocycles. The predicted molar refractivity (Wildman–Crippen MR) is 106 cm³/mol. The van der Waals surface area contributed by atoms with Crippen LogP contribution in [-0.2, 0) is 19.7 Å². The van der Waals surface area contributed by atoms with Crippen LogP contribution in [-0.4, -0.2) is 62.1 Å². The highest BCUT2D eigenvalue weighted by Crippen LogP contribution is 2.47. The molecule has 1 N–H and O–H groups in total. The Balaban J connectivity index is 1.27. The molecule has 6 nitrogen and oxygen atoms in total. The number of hydrogen-bond donors (Lipinski definition) is 1. The first-order chi connectivity index (χ1) is 13.6. The first-order valence-electron chi connectivity index (χ1n) is 10.6. The third kappa shape index (κ3) is 2.69. The summed E-state index contributed by atoms with van der Waals surface area (Å²) in [5, 5.41) is 3.52. The quantitative estimate of drug-likeness (QED) is 0.802. The third-order valence-electron chi connectivity index (χ3n) is 7.40. The van der Waals surface area contributed by atoms with E-state index in [-0.39, 0.29) is 23.8 Å². The van der Waals surface area contributed by atoms with E-state index in [4.69, 9.17) is 4.74 Å². The van der Waals surface area contributed by atoms with E-state index in [2.05, 4.69) is 11.4 Å². The molecule has 1 aromatic rings. The fourth-order valence-electron chi connectivity index (χ4n) is 5.80. The van der Waals surface area contributed by atoms with Crippen molar-refractivity contribution in [2.75, 3.05) is 38.2 Å². The number of piperidine rings is 1. The van der Waals surface area contributed by atoms with Crippen LogP contribution in [0, 0.1) is 5.92 Å². The van der Waals surface area contributed by atoms with Gasteiger partial charge in [0.1, 0.15) is 0 Å². The molecule has 0 aromatic heterocycles. The molecule has 1 saturated carbocycles. The van der Waals surface area contributed by atoms with E-state index in [1.165, 1.54) is 0 Å². The molecule has 2 saturated heterocycles. The van der Waals surface area contributed by atoms with E-state index in [0.29, 0.717) is 19.1 Å². The molecular formula is C22H29N3O3. The van der Waals surface area contributed by atoms with Gasteiger partial charge < -0.3 is 19.9 Å². The van der Waals surface area contributed by atoms with Gasteiger partial charge in [0.15, 0.2) is 0 Å². The molecule has 3 aliphatic heterocycles. The number of nitrogens with zero attached hydrogens (tertiary/aromatic N) is 2. The average Bonchev–Trinajstić information content (AvgIpc) is 2.96. The Hall–Kier alpha value is -1.92. The molecular weight excluding hydrogens is 354 g/mol. The second kappa shape index (κ2) is 6.85. The normalized spacial score (nSPS) is 31.6. The van der Waals surface area contributed by atoms with Gasteiger partial charge in [-0.25, -0.2) is 0 Å². The van der Waals surface area contributed by atoms with Crippen LogP contribution in [0.1, 0.15) is 37.7 Å². The minimum atomic E-state index is -0.446. The number of amides is 2. The minimum Gasteiger partial charge on any atom is -0.375 e. The molecule has 0 unspecified atom stereocenters. The second-order valence-corrected chi connectivity index (χ2v) is 8.77. The van der Waals surface area contributed by atoms with Gasteiger partial charge in [-0.15, -0.1) is 0 Å². The molecule has 1 aromatic carbocycles. The van der Waals surface area contributed by atoms with Gasteiger partial charge in [0.2, 0.25) is 11.8 Å². The summed E-state index contributed by atoms with van der Waals surface area (Å²) in [5.74, 6) is 0.538. The summed E-state index contributed by atoms with van der Waals surface area (Å²) in [4.78, 5) is 30.1. The van der Waals surface area contributed by atoms with Gasteiger partial charge in [-0.2, -0.15) is 0 Å². The topological polar surface area (TPSA) is 61.9 Å². The lowest BCUT2D eigenvalue weighted by Crippen LogP contribution is -2.55. The number of fused-ring (bicyclic) bond motifs is 3. The van der Waals surface area contributed by atoms with E-state index in [1.54, 1.807) is 4.90 Å². The average molecular weight is 383 g/mol. The summed E-state index contributed by atoms with van der Waals surface area (Å²) in [6, 6.07) is 8.42. The van der Waals surface area contributed by atoms with Crippen LogP contribution in [0.2, 0.25) is 0 Å². The van der Waals surface area contributed by atoms with Crippen molar-refractivity contribution >= 4 is 17.5 Å². The van der Waals surface area contributed by atoms with Crippen molar-refractivity contribution in [3.8, 4) is 0 Å². The van der Waals surface area contributed by atoms with Crippen molar-refractivity contribution in [2.45, 2.75) is 49.7 Å². The maximum atomic E-state index is 13.2. The SMILES string of the molecule is CN1C(=O)C2(CCN(C(=O)[C@H]3CC[C@H]4OCCN[C@@H]4C3)CC2)c2ccccc21. The fourth-order valence-corrected chi connectivity index (χ4v) is 5.80. The molecule has 0 radical (unpaired) electrons. The molecule has 2 amide bonds. The highest BCUT2D eigenvalue weighted by Gasteiger charge is 2.51. The highest BCUT2D eigenvalue weighted by atomic mass is 16.5. The standard InChI is InChI=1S/C22H29N3O3/c1-24-18-5-3-2-4-16(18)22(21(24)27)8-11-25(12-9-22)20(26)15-6-7-19-17(14-15)23-10-13-28-19/h2-5,15,17,19,23H,6-14H2,1H3/t15-,17+,19+/m0/s1. The van der Waals surface area contributed by atoms with Gasteiger partial charge in [-0.1, -0.05) is 18.2 Å². The van der Waals surface area contributed by atoms with Crippen LogP contribution in [0.25, 0.3) is 0 Å². The summed E-state index contributed by atoms with van der Waals surface area (Å²) >= 11 is 0. The number of hydrogen-bond acceptors (Lipinski definition) is 4. The molecule has 6 heteroatoms. The second-order valence-electron chi connectivity index (χ2n) is 8.77. The lowest BCUT2D eigenvalue weighted by Gasteiger charge is -2.43. The monoisotopic (exact) mass is 383 g/mol. The van der Waals surface area contributed by atoms with Crippen molar-refractivity contribution in [1.29, 1.82) is 0 Å². The Bertz CT molecular complexity index is 787. The van der Waals surface area contributed by atoms with Gasteiger partial charge in [0.05, 0.1) is 18.1 Å². The van der Waals surface area contributed by atoms with E-state index in [1.807, 2.05) is 30.1 Å². The number of carbonyl (C=O) groups is 2. The number of likely N-dealkylation sites (N-methyl/N-ethyl adjacent to an activating group) is 1. The number of anilines is 1. The van der Waals surface area contributed by atoms with E-state index >= 15 is 0 Å². The smallest absolute Gasteiger partial charge is 0.237 e. The Morgan fingerprint density at radius 3 is 2.82 bits per heavy atom. The summed E-state index contributed by atoms with van der Waals surface area (Å²) < 4.78 is 5.84. The van der Waals surface area contributed by atoms with E-state index in [9.17, 15) is 9.59 Å². The number of carbonyl (C=O) groups excluding carboxylic acids is 2. The van der Waals surface area contributed by atoms with Gasteiger partial charge in [0.25, 0.3) is 0 Å². The zero-order chi connectivity index (χ0) is 19.3. The van der Waals surface area contributed by atoms with Crippen LogP contribution in [0.5, 0.6) is 0 Å². The fraction of sp³-hybridized carbons (Fsp3) is 0.636. The zero-order valence-electron chi connectivity index (χ0n) is 16.5. The number of morpholine rings is 1. The number of likely N-dealkylation sites (tertiary alicyclic amines) is 1. The molecule has 1 spiro atoms. The lowest BCUT2D eigenvalue weighted by molar-refractivity contribution is -0.142. The van der Waals surface area contributed by atoms with Crippen LogP contribution in [0.3, 0.4) is 0 Å². The molecule has 150 valence electrons. The Morgan fingerprint density at radius 1 is 1.21 bits per heavy atom. The van der Waals surface area contributed by atoms with E-state index < -0.39 is 5.41 Å². The Labute approximate surface area is 166 Å². The maximum Gasteiger partial charge on any atom is 0.237 e. The molecule has 5 rings (SSSR count). The van der Waals surface area contributed by atoms with Crippen molar-refractivity contribution in [3.63, 3.8) is 0 Å². The van der Waals surface area contributed by atoms with Gasteiger partial charge >= 0.3 is 0 Å². The lowest BCUT2D eigenvalue weighted by atomic mass is 9.73. The van der Waals surface area contributed by atoms with Crippen molar-refractivity contribution < 1.29 is 14.3 Å². The van der Waals surface area contributed by atoms with E-state index in [0.717, 1.165) is 56.5 Å². The van der Waals surface area contributed by atoms with Crippen LogP contribution in [0.15, 0.2) is 24.3 Å². The highest BCUT2D eigenvalue weighted by molar-refractivity contribution is 6.07. The van der Waals surface area contributed by atoms with Crippen LogP contribution in [0.4, 0.5) is 5.69 Å². The number of para-hydroxylation sites is 1. The summed E-state index contributed by atoms with van der Waals surface area (Å²) in [7, 11) is 1.87. The number of nitrogens with one attached hydrogen (secondary N) is 1. The predicted octanol–water partition coefficient (Wildman–Crippen LogP) is 1.68. The summed E-state index contributed by atoms with van der Waals surface area (Å²) in [6.45, 7) is 2.99. The Kier molecular flexibility index (Phi) is 4.43. The molecule has 3 fully saturated rings. The number of rotatable bonds is 1. The Morgan fingerprint density at radius 2 is 2.00 bits per heavy atom. The third-order valence-corrected chi connectivity index (χ3v) is 7.40. The number of ether oxygens (including phenoxy) is 1. The summed E-state index contributed by atoms with van der Waals surface area (Å²) in [6.07, 6.45) is 4.45. The molecule has 3 atom stereocenters. The largest absolute Gasteiger partial charge is 0.375 e. The minimum absolute atomic E-state index is 0.0822. The maximum absolute atomic E-state index is 13.2. The van der Waals surface area contributed by atoms with Crippen LogP contribution >= 0.6 is 0 Å². The van der Waals surface area contributed by atoms with Gasteiger partial charge in [-0.05, 0) is 43.7 Å². The van der Waals surface area contributed by atoms with Gasteiger partial charge in [0, 0.05) is 44.3 Å². The molecule has 28 heavy (non-hydrogen) atoms. The van der Waals surface area contributed by atoms with Crippen molar-refractivity contribution in [2.24, 2.45) is 5.92 Å². The first-order valence-corrected chi connectivity index (χ1v) is 10.6.